The monoisotopic (exact) mass is 188 g/mol. The molecule has 0 saturated heterocycles. The minimum Gasteiger partial charge on any atom is -0.120 e. The summed E-state index contributed by atoms with van der Waals surface area (Å²) in [6.07, 6.45) is 0. The molecule has 60 valence electrons. The van der Waals surface area contributed by atoms with Gasteiger partial charge in [-0.2, -0.15) is 0 Å². The molecule has 0 aromatic carbocycles. The van der Waals surface area contributed by atoms with Gasteiger partial charge in [-0.15, -0.1) is 11.1 Å². The molecule has 0 unspecified atom stereocenters. The van der Waals surface area contributed by atoms with Gasteiger partial charge >= 0.3 is 0 Å². The van der Waals surface area contributed by atoms with Gasteiger partial charge in [-0.05, 0) is 23.7 Å². The van der Waals surface area contributed by atoms with Crippen LogP contribution in [0.15, 0.2) is 0 Å². The van der Waals surface area contributed by atoms with Crippen molar-refractivity contribution in [3.63, 3.8) is 0 Å². The second-order valence-corrected chi connectivity index (χ2v) is 7.25. The minimum atomic E-state index is -0.443. The fourth-order valence-electron chi connectivity index (χ4n) is 0.375. The highest BCUT2D eigenvalue weighted by molar-refractivity contribution is 6.65. The van der Waals surface area contributed by atoms with Crippen molar-refractivity contribution in [3.8, 4) is 34.8 Å². The SMILES string of the molecule is C[Si](C)C#CC#CC#C[Si](C)C. The Kier molecular flexibility index (Phi) is 6.30. The van der Waals surface area contributed by atoms with Gasteiger partial charge in [0.25, 0.3) is 0 Å². The summed E-state index contributed by atoms with van der Waals surface area (Å²) in [4.78, 5) is 0. The van der Waals surface area contributed by atoms with Crippen LogP contribution < -0.4 is 0 Å². The molecule has 0 amide bonds. The third-order valence-corrected chi connectivity index (χ3v) is 2.06. The lowest BCUT2D eigenvalue weighted by Crippen LogP contribution is -1.92. The van der Waals surface area contributed by atoms with Crippen molar-refractivity contribution in [1.29, 1.82) is 0 Å². The van der Waals surface area contributed by atoms with Gasteiger partial charge in [-0.25, -0.2) is 0 Å². The maximum absolute atomic E-state index is 3.05. The molecule has 2 heteroatoms. The van der Waals surface area contributed by atoms with Gasteiger partial charge in [0.2, 0.25) is 0 Å². The second-order valence-electron chi connectivity index (χ2n) is 2.75. The molecule has 0 heterocycles. The Morgan fingerprint density at radius 3 is 1.17 bits per heavy atom. The summed E-state index contributed by atoms with van der Waals surface area (Å²) in [6.45, 7) is 8.57. The molecule has 0 fully saturated rings. The van der Waals surface area contributed by atoms with Gasteiger partial charge in [0.05, 0.1) is 0 Å². The van der Waals surface area contributed by atoms with E-state index in [-0.39, 0.29) is 0 Å². The zero-order valence-electron chi connectivity index (χ0n) is 8.00. The molecule has 0 aliphatic heterocycles. The Hall–Kier alpha value is -0.886. The highest BCUT2D eigenvalue weighted by atomic mass is 28.3. The molecule has 0 spiro atoms. The zero-order chi connectivity index (χ0) is 9.40. The van der Waals surface area contributed by atoms with Gasteiger partial charge in [0, 0.05) is 0 Å². The maximum atomic E-state index is 3.05. The van der Waals surface area contributed by atoms with E-state index >= 15 is 0 Å². The van der Waals surface area contributed by atoms with Crippen molar-refractivity contribution >= 4 is 17.6 Å². The van der Waals surface area contributed by atoms with Crippen LogP contribution in [-0.4, -0.2) is 17.6 Å². The standard InChI is InChI=1S/C10H12Si2/c1-11(2)9-7-5-6-8-10-12(3)4/h1-4H3. The van der Waals surface area contributed by atoms with Crippen LogP contribution in [0.1, 0.15) is 0 Å². The number of hydrogen-bond acceptors (Lipinski definition) is 0. The molecule has 2 radical (unpaired) electrons. The van der Waals surface area contributed by atoms with Crippen LogP contribution in [0.25, 0.3) is 0 Å². The highest BCUT2D eigenvalue weighted by Crippen LogP contribution is 1.72. The minimum absolute atomic E-state index is 0.443. The van der Waals surface area contributed by atoms with Crippen LogP contribution in [-0.2, 0) is 0 Å². The van der Waals surface area contributed by atoms with E-state index < -0.39 is 17.6 Å². The van der Waals surface area contributed by atoms with E-state index in [0.29, 0.717) is 0 Å². The average Bonchev–Trinajstić information content (AvgIpc) is 1.95. The molecule has 0 atom stereocenters. The first-order valence-electron chi connectivity index (χ1n) is 3.75. The Morgan fingerprint density at radius 1 is 0.583 bits per heavy atom. The molecule has 0 bridgehead atoms. The topological polar surface area (TPSA) is 0 Å². The number of hydrogen-bond donors (Lipinski definition) is 0. The summed E-state index contributed by atoms with van der Waals surface area (Å²) in [5.74, 6) is 11.1. The van der Waals surface area contributed by atoms with Crippen molar-refractivity contribution in [2.75, 3.05) is 0 Å². The van der Waals surface area contributed by atoms with Crippen LogP contribution in [0.2, 0.25) is 26.2 Å². The maximum Gasteiger partial charge on any atom is 0.139 e. The normalized spacial score (nSPS) is 7.50. The van der Waals surface area contributed by atoms with Gasteiger partial charge < -0.3 is 0 Å². The quantitative estimate of drug-likeness (QED) is 0.400. The Morgan fingerprint density at radius 2 is 0.917 bits per heavy atom. The summed E-state index contributed by atoms with van der Waals surface area (Å²) < 4.78 is 0. The predicted molar refractivity (Wildman–Crippen MR) is 58.3 cm³/mol. The molecular weight excluding hydrogens is 176 g/mol. The summed E-state index contributed by atoms with van der Waals surface area (Å²) in [6, 6.07) is 0. The van der Waals surface area contributed by atoms with Crippen LogP contribution in [0.5, 0.6) is 0 Å². The van der Waals surface area contributed by atoms with Gasteiger partial charge in [-0.1, -0.05) is 26.2 Å². The predicted octanol–water partition coefficient (Wildman–Crippen LogP) is 1.58. The van der Waals surface area contributed by atoms with E-state index in [1.54, 1.807) is 0 Å². The van der Waals surface area contributed by atoms with E-state index in [9.17, 15) is 0 Å². The van der Waals surface area contributed by atoms with E-state index in [1.165, 1.54) is 0 Å². The Balaban J connectivity index is 3.96. The smallest absolute Gasteiger partial charge is 0.120 e. The fraction of sp³-hybridized carbons (Fsp3) is 0.400. The van der Waals surface area contributed by atoms with Crippen LogP contribution in [0, 0.1) is 34.8 Å². The van der Waals surface area contributed by atoms with Gasteiger partial charge in [0.1, 0.15) is 17.6 Å². The molecule has 0 nitrogen and oxygen atoms in total. The third-order valence-electron chi connectivity index (χ3n) is 0.812. The molecule has 0 aliphatic rings. The van der Waals surface area contributed by atoms with Crippen LogP contribution in [0.3, 0.4) is 0 Å². The summed E-state index contributed by atoms with van der Waals surface area (Å²) in [5, 5.41) is 0. The summed E-state index contributed by atoms with van der Waals surface area (Å²) in [7, 11) is -0.886. The lowest BCUT2D eigenvalue weighted by atomic mass is 10.6. The van der Waals surface area contributed by atoms with Crippen LogP contribution in [0.4, 0.5) is 0 Å². The van der Waals surface area contributed by atoms with E-state index in [2.05, 4.69) is 61.0 Å². The van der Waals surface area contributed by atoms with Gasteiger partial charge in [-0.3, -0.25) is 0 Å². The van der Waals surface area contributed by atoms with E-state index in [0.717, 1.165) is 0 Å². The fourth-order valence-corrected chi connectivity index (χ4v) is 1.00. The summed E-state index contributed by atoms with van der Waals surface area (Å²) in [5.41, 5.74) is 6.10. The number of rotatable bonds is 0. The van der Waals surface area contributed by atoms with Crippen molar-refractivity contribution in [3.05, 3.63) is 0 Å². The second kappa shape index (κ2) is 6.80. The Bertz CT molecular complexity index is 264. The lowest BCUT2D eigenvalue weighted by molar-refractivity contribution is 2.04. The lowest BCUT2D eigenvalue weighted by Gasteiger charge is -1.78. The largest absolute Gasteiger partial charge is 0.139 e. The third kappa shape index (κ3) is 9.11. The highest BCUT2D eigenvalue weighted by Gasteiger charge is 1.83. The van der Waals surface area contributed by atoms with Gasteiger partial charge in [0.15, 0.2) is 0 Å². The average molecular weight is 188 g/mol. The molecule has 12 heavy (non-hydrogen) atoms. The van der Waals surface area contributed by atoms with Crippen molar-refractivity contribution in [2.45, 2.75) is 26.2 Å². The molecular formula is C10H12Si2. The first-order chi connectivity index (χ1) is 5.63. The van der Waals surface area contributed by atoms with Crippen molar-refractivity contribution in [1.82, 2.24) is 0 Å². The first-order valence-corrected chi connectivity index (χ1v) is 8.75. The zero-order valence-corrected chi connectivity index (χ0v) is 10.0. The van der Waals surface area contributed by atoms with Crippen molar-refractivity contribution < 1.29 is 0 Å². The van der Waals surface area contributed by atoms with E-state index in [4.69, 9.17) is 0 Å². The Labute approximate surface area is 79.0 Å². The molecule has 0 N–H and O–H groups in total. The molecule has 0 saturated carbocycles. The molecule has 0 rings (SSSR count). The molecule has 0 aliphatic carbocycles. The first kappa shape index (κ1) is 11.1. The van der Waals surface area contributed by atoms with E-state index in [1.807, 2.05) is 0 Å². The van der Waals surface area contributed by atoms with Crippen molar-refractivity contribution in [2.24, 2.45) is 0 Å². The van der Waals surface area contributed by atoms with Crippen LogP contribution >= 0.6 is 0 Å². The molecule has 0 aromatic rings. The summed E-state index contributed by atoms with van der Waals surface area (Å²) >= 11 is 0. The molecule has 0 aromatic heterocycles.